The van der Waals surface area contributed by atoms with E-state index in [4.69, 9.17) is 16.6 Å². The summed E-state index contributed by atoms with van der Waals surface area (Å²) in [5.74, 6) is -3.03. The molecule has 8 aromatic rings. The first-order valence-electron chi connectivity index (χ1n) is 20.4. The number of imidazole rings is 2. The zero-order chi connectivity index (χ0) is 46.5. The molecule has 8 rings (SSSR count). The van der Waals surface area contributed by atoms with Crippen molar-refractivity contribution in [3.8, 4) is 45.3 Å². The van der Waals surface area contributed by atoms with Gasteiger partial charge in [0.25, 0.3) is 0 Å². The van der Waals surface area contributed by atoms with E-state index in [0.717, 1.165) is 33.9 Å². The molecule has 0 spiro atoms. The van der Waals surface area contributed by atoms with Gasteiger partial charge in [0.1, 0.15) is 17.5 Å². The van der Waals surface area contributed by atoms with Crippen molar-refractivity contribution in [1.82, 2.24) is 28.2 Å². The van der Waals surface area contributed by atoms with E-state index in [1.165, 1.54) is 18.5 Å². The van der Waals surface area contributed by atoms with Gasteiger partial charge < -0.3 is 39.9 Å². The number of hydrogen-bond acceptors (Lipinski definition) is 6. The lowest BCUT2D eigenvalue weighted by atomic mass is 10.1. The Morgan fingerprint density at radius 3 is 1.45 bits per heavy atom. The van der Waals surface area contributed by atoms with Gasteiger partial charge in [0.15, 0.2) is 0 Å². The molecular formula is C49H44F2N8O6. The number of nitrogens with two attached hydrogens (primary N) is 2. The number of aromatic nitrogens is 6. The topological polar surface area (TPSA) is 206 Å². The predicted molar refractivity (Wildman–Crippen MR) is 240 cm³/mol. The number of aryl methyl sites for hydroxylation is 5. The lowest BCUT2D eigenvalue weighted by Crippen LogP contribution is -2.12. The second-order valence-electron chi connectivity index (χ2n) is 15.3. The van der Waals surface area contributed by atoms with Gasteiger partial charge in [-0.15, -0.1) is 0 Å². The molecule has 16 heteroatoms. The zero-order valence-electron chi connectivity index (χ0n) is 35.6. The van der Waals surface area contributed by atoms with Crippen LogP contribution in [-0.4, -0.2) is 62.2 Å². The summed E-state index contributed by atoms with van der Waals surface area (Å²) < 4.78 is 37.1. The zero-order valence-corrected chi connectivity index (χ0v) is 35.6. The Bertz CT molecular complexity index is 3090. The third-order valence-electron chi connectivity index (χ3n) is 10.9. The number of primary amides is 2. The SMILES string of the molecule is Cc1cc(C(N)=O)ccc1-n1c(CCC(=O)O)ccc1-c1ccc(-n2ccnc2)c(F)c1.Cc1cc(C(N)=O)ccc1-n1c(CCC(=O)O)ccc1-c1ccc(-n2ccnc2C)c(F)c1. The Balaban J connectivity index is 0.000000194. The summed E-state index contributed by atoms with van der Waals surface area (Å²) in [5.41, 5.74) is 19.6. The molecule has 0 aliphatic heterocycles. The van der Waals surface area contributed by atoms with Gasteiger partial charge in [0, 0.05) is 69.8 Å². The average Bonchev–Trinajstić information content (AvgIpc) is 4.10. The fraction of sp³-hybridized carbons (Fsp3) is 0.143. The average molecular weight is 879 g/mol. The number of halogens is 2. The number of benzene rings is 4. The molecule has 0 aliphatic rings. The second kappa shape index (κ2) is 18.9. The number of hydrogen-bond donors (Lipinski definition) is 4. The molecule has 0 saturated heterocycles. The summed E-state index contributed by atoms with van der Waals surface area (Å²) in [4.78, 5) is 53.6. The van der Waals surface area contributed by atoms with E-state index in [1.54, 1.807) is 95.4 Å². The minimum Gasteiger partial charge on any atom is -0.481 e. The number of carbonyl (C=O) groups is 4. The van der Waals surface area contributed by atoms with Gasteiger partial charge in [0.05, 0.1) is 41.9 Å². The van der Waals surface area contributed by atoms with Gasteiger partial charge in [-0.2, -0.15) is 0 Å². The summed E-state index contributed by atoms with van der Waals surface area (Å²) in [6.07, 6.45) is 8.56. The van der Waals surface area contributed by atoms with Crippen molar-refractivity contribution in [2.24, 2.45) is 11.5 Å². The quantitative estimate of drug-likeness (QED) is 0.0838. The molecule has 0 bridgehead atoms. The Morgan fingerprint density at radius 1 is 0.585 bits per heavy atom. The van der Waals surface area contributed by atoms with Crippen molar-refractivity contribution in [3.05, 3.63) is 179 Å². The Kier molecular flexibility index (Phi) is 13.0. The first-order valence-corrected chi connectivity index (χ1v) is 20.4. The summed E-state index contributed by atoms with van der Waals surface area (Å²) >= 11 is 0. The van der Waals surface area contributed by atoms with Crippen LogP contribution in [0.3, 0.4) is 0 Å². The maximum absolute atomic E-state index is 15.1. The molecule has 4 aromatic heterocycles. The molecule has 0 atom stereocenters. The number of aliphatic carboxylic acids is 2. The highest BCUT2D eigenvalue weighted by Crippen LogP contribution is 2.33. The number of nitrogens with zero attached hydrogens (tertiary/aromatic N) is 6. The molecule has 4 aromatic carbocycles. The monoisotopic (exact) mass is 878 g/mol. The van der Waals surface area contributed by atoms with Crippen LogP contribution in [0.2, 0.25) is 0 Å². The van der Waals surface area contributed by atoms with Crippen LogP contribution >= 0.6 is 0 Å². The summed E-state index contributed by atoms with van der Waals surface area (Å²) in [5, 5.41) is 18.3. The largest absolute Gasteiger partial charge is 0.481 e. The van der Waals surface area contributed by atoms with E-state index in [-0.39, 0.29) is 12.8 Å². The van der Waals surface area contributed by atoms with Crippen molar-refractivity contribution in [2.75, 3.05) is 0 Å². The maximum Gasteiger partial charge on any atom is 0.303 e. The van der Waals surface area contributed by atoms with E-state index < -0.39 is 35.4 Å². The number of carboxylic acid groups (broad SMARTS) is 2. The van der Waals surface area contributed by atoms with E-state index >= 15 is 4.39 Å². The van der Waals surface area contributed by atoms with Gasteiger partial charge in [-0.25, -0.2) is 18.7 Å². The summed E-state index contributed by atoms with van der Waals surface area (Å²) in [6.45, 7) is 5.49. The minimum absolute atomic E-state index is 0.0458. The maximum atomic E-state index is 15.1. The smallest absolute Gasteiger partial charge is 0.303 e. The fourth-order valence-electron chi connectivity index (χ4n) is 7.73. The lowest BCUT2D eigenvalue weighted by Gasteiger charge is -2.17. The van der Waals surface area contributed by atoms with E-state index in [2.05, 4.69) is 9.97 Å². The molecule has 330 valence electrons. The molecule has 14 nitrogen and oxygen atoms in total. The van der Waals surface area contributed by atoms with Crippen LogP contribution in [0.15, 0.2) is 128 Å². The summed E-state index contributed by atoms with van der Waals surface area (Å²) in [6, 6.07) is 27.4. The predicted octanol–water partition coefficient (Wildman–Crippen LogP) is 8.10. The second-order valence-corrected chi connectivity index (χ2v) is 15.3. The highest BCUT2D eigenvalue weighted by atomic mass is 19.1. The number of carboxylic acids is 2. The van der Waals surface area contributed by atoms with Gasteiger partial charge in [0.2, 0.25) is 11.8 Å². The molecular weight excluding hydrogens is 835 g/mol. The Morgan fingerprint density at radius 2 is 1.06 bits per heavy atom. The third kappa shape index (κ3) is 9.66. The first-order chi connectivity index (χ1) is 31.1. The van der Waals surface area contributed by atoms with Crippen molar-refractivity contribution < 1.29 is 38.2 Å². The van der Waals surface area contributed by atoms with Gasteiger partial charge >= 0.3 is 11.9 Å². The standard InChI is InChI=1S/C25H23FN4O3.C24H21FN4O3/c1-15-13-18(25(27)33)4-7-21(15)30-19(6-10-24(31)32)5-9-22(30)17-3-8-23(20(26)14-17)29-12-11-28-16(29)2;1-15-12-17(24(26)32)3-6-20(15)29-18(5-9-23(30)31)4-8-21(29)16-2-7-22(19(25)13-16)28-11-10-27-14-28/h3-5,7-9,11-14H,6,10H2,1-2H3,(H2,27,33)(H,31,32);2-4,6-8,10-14H,5,9H2,1H3,(H2,26,32)(H,30,31). The van der Waals surface area contributed by atoms with Gasteiger partial charge in [-0.3, -0.25) is 19.2 Å². The van der Waals surface area contributed by atoms with Crippen LogP contribution in [0.4, 0.5) is 8.78 Å². The van der Waals surface area contributed by atoms with Crippen LogP contribution in [0.25, 0.3) is 45.3 Å². The van der Waals surface area contributed by atoms with Crippen LogP contribution in [0, 0.1) is 32.4 Å². The van der Waals surface area contributed by atoms with Gasteiger partial charge in [-0.1, -0.05) is 12.1 Å². The summed E-state index contributed by atoms with van der Waals surface area (Å²) in [7, 11) is 0. The lowest BCUT2D eigenvalue weighted by molar-refractivity contribution is -0.138. The van der Waals surface area contributed by atoms with Gasteiger partial charge in [-0.05, 0) is 130 Å². The van der Waals surface area contributed by atoms with Crippen LogP contribution < -0.4 is 11.5 Å². The molecule has 0 unspecified atom stereocenters. The Hall–Kier alpha value is -8.40. The number of carbonyl (C=O) groups excluding carboxylic acids is 2. The first kappa shape index (κ1) is 44.6. The van der Waals surface area contributed by atoms with E-state index in [0.29, 0.717) is 63.7 Å². The van der Waals surface area contributed by atoms with E-state index in [1.807, 2.05) is 53.3 Å². The number of amides is 2. The highest BCUT2D eigenvalue weighted by Gasteiger charge is 2.20. The molecule has 0 radical (unpaired) electrons. The number of rotatable bonds is 14. The fourth-order valence-corrected chi connectivity index (χ4v) is 7.73. The third-order valence-corrected chi connectivity index (χ3v) is 10.9. The molecule has 0 fully saturated rings. The Labute approximate surface area is 371 Å². The normalized spacial score (nSPS) is 11.0. The molecule has 2 amide bonds. The molecule has 0 aliphatic carbocycles. The van der Waals surface area contributed by atoms with Crippen molar-refractivity contribution in [2.45, 2.75) is 46.5 Å². The van der Waals surface area contributed by atoms with E-state index in [9.17, 15) is 28.7 Å². The minimum atomic E-state index is -0.907. The highest BCUT2D eigenvalue weighted by molar-refractivity contribution is 5.94. The molecule has 4 heterocycles. The van der Waals surface area contributed by atoms with Crippen molar-refractivity contribution >= 4 is 23.8 Å². The van der Waals surface area contributed by atoms with Crippen LogP contribution in [-0.2, 0) is 22.4 Å². The molecule has 6 N–H and O–H groups in total. The van der Waals surface area contributed by atoms with Crippen molar-refractivity contribution in [1.29, 1.82) is 0 Å². The molecule has 65 heavy (non-hydrogen) atoms. The van der Waals surface area contributed by atoms with Crippen LogP contribution in [0.5, 0.6) is 0 Å². The van der Waals surface area contributed by atoms with Crippen molar-refractivity contribution in [3.63, 3.8) is 0 Å². The van der Waals surface area contributed by atoms with Crippen LogP contribution in [0.1, 0.15) is 61.9 Å². The molecule has 0 saturated carbocycles.